The molecule has 0 aliphatic carbocycles. The molecule has 2 aliphatic heterocycles. The summed E-state index contributed by atoms with van der Waals surface area (Å²) in [6.45, 7) is 6.09. The van der Waals surface area contributed by atoms with E-state index in [0.717, 1.165) is 24.8 Å². The van der Waals surface area contributed by atoms with E-state index in [-0.39, 0.29) is 24.3 Å². The van der Waals surface area contributed by atoms with Crippen molar-refractivity contribution in [2.24, 2.45) is 0 Å². The zero-order valence-electron chi connectivity index (χ0n) is 8.49. The molecule has 0 spiro atoms. The van der Waals surface area contributed by atoms with Gasteiger partial charge in [-0.1, -0.05) is 19.9 Å². The second kappa shape index (κ2) is 3.73. The SMILES string of the molecule is C=C1[C@H](CCC)OC2CCC(=O)O[C@@H]12. The van der Waals surface area contributed by atoms with Gasteiger partial charge in [0, 0.05) is 6.42 Å². The van der Waals surface area contributed by atoms with Gasteiger partial charge in [0.05, 0.1) is 12.2 Å². The molecule has 2 saturated heterocycles. The van der Waals surface area contributed by atoms with Gasteiger partial charge in [0.25, 0.3) is 0 Å². The lowest BCUT2D eigenvalue weighted by Crippen LogP contribution is -2.33. The Kier molecular flexibility index (Phi) is 2.59. The third-order valence-electron chi connectivity index (χ3n) is 2.90. The Morgan fingerprint density at radius 1 is 1.57 bits per heavy atom. The van der Waals surface area contributed by atoms with Gasteiger partial charge < -0.3 is 9.47 Å². The molecule has 0 aromatic carbocycles. The second-order valence-electron chi connectivity index (χ2n) is 3.98. The predicted molar refractivity (Wildman–Crippen MR) is 51.8 cm³/mol. The van der Waals surface area contributed by atoms with Gasteiger partial charge >= 0.3 is 5.97 Å². The number of esters is 1. The van der Waals surface area contributed by atoms with Crippen molar-refractivity contribution < 1.29 is 14.3 Å². The maximum Gasteiger partial charge on any atom is 0.306 e. The molecule has 0 amide bonds. The molecule has 1 unspecified atom stereocenters. The minimum atomic E-state index is -0.173. The first-order valence-electron chi connectivity index (χ1n) is 5.26. The van der Waals surface area contributed by atoms with E-state index < -0.39 is 0 Å². The zero-order chi connectivity index (χ0) is 10.1. The Morgan fingerprint density at radius 3 is 3.07 bits per heavy atom. The van der Waals surface area contributed by atoms with Crippen LogP contribution in [0, 0.1) is 0 Å². The smallest absolute Gasteiger partial charge is 0.306 e. The first-order chi connectivity index (χ1) is 6.72. The summed E-state index contributed by atoms with van der Waals surface area (Å²) in [5.74, 6) is -0.117. The predicted octanol–water partition coefficient (Wildman–Crippen LogP) is 1.82. The van der Waals surface area contributed by atoms with E-state index in [9.17, 15) is 4.79 Å². The number of hydrogen-bond acceptors (Lipinski definition) is 3. The van der Waals surface area contributed by atoms with E-state index in [1.807, 2.05) is 0 Å². The fourth-order valence-electron chi connectivity index (χ4n) is 2.14. The van der Waals surface area contributed by atoms with E-state index in [2.05, 4.69) is 13.5 Å². The molecular formula is C11H16O3. The number of fused-ring (bicyclic) bond motifs is 1. The molecule has 0 aromatic rings. The molecule has 0 saturated carbocycles. The molecule has 0 radical (unpaired) electrons. The van der Waals surface area contributed by atoms with Crippen molar-refractivity contribution in [1.29, 1.82) is 0 Å². The lowest BCUT2D eigenvalue weighted by molar-refractivity contribution is -0.158. The zero-order valence-corrected chi connectivity index (χ0v) is 8.49. The number of carbonyl (C=O) groups excluding carboxylic acids is 1. The van der Waals surface area contributed by atoms with Crippen molar-refractivity contribution >= 4 is 5.97 Å². The molecule has 3 atom stereocenters. The van der Waals surface area contributed by atoms with Crippen LogP contribution in [0.15, 0.2) is 12.2 Å². The van der Waals surface area contributed by atoms with Crippen molar-refractivity contribution in [3.63, 3.8) is 0 Å². The van der Waals surface area contributed by atoms with E-state index in [0.29, 0.717) is 6.42 Å². The average molecular weight is 196 g/mol. The Labute approximate surface area is 84.1 Å². The molecule has 14 heavy (non-hydrogen) atoms. The van der Waals surface area contributed by atoms with E-state index in [1.54, 1.807) is 0 Å². The van der Waals surface area contributed by atoms with Crippen LogP contribution in [0.25, 0.3) is 0 Å². The number of rotatable bonds is 2. The summed E-state index contributed by atoms with van der Waals surface area (Å²) >= 11 is 0. The highest BCUT2D eigenvalue weighted by Gasteiger charge is 2.43. The highest BCUT2D eigenvalue weighted by Crippen LogP contribution is 2.35. The van der Waals surface area contributed by atoms with Gasteiger partial charge in [-0.05, 0) is 18.4 Å². The van der Waals surface area contributed by atoms with E-state index in [1.165, 1.54) is 0 Å². The molecule has 0 aromatic heterocycles. The molecule has 78 valence electrons. The highest BCUT2D eigenvalue weighted by molar-refractivity contribution is 5.71. The molecule has 3 nitrogen and oxygen atoms in total. The van der Waals surface area contributed by atoms with Gasteiger partial charge in [-0.2, -0.15) is 0 Å². The van der Waals surface area contributed by atoms with Crippen LogP contribution in [0.5, 0.6) is 0 Å². The van der Waals surface area contributed by atoms with Crippen LogP contribution in [0.2, 0.25) is 0 Å². The molecule has 0 N–H and O–H groups in total. The number of ether oxygens (including phenoxy) is 2. The molecule has 2 fully saturated rings. The molecular weight excluding hydrogens is 180 g/mol. The maximum absolute atomic E-state index is 11.1. The largest absolute Gasteiger partial charge is 0.455 e. The van der Waals surface area contributed by atoms with Crippen molar-refractivity contribution in [3.05, 3.63) is 12.2 Å². The maximum atomic E-state index is 11.1. The monoisotopic (exact) mass is 196 g/mol. The summed E-state index contributed by atoms with van der Waals surface area (Å²) in [4.78, 5) is 11.1. The van der Waals surface area contributed by atoms with Gasteiger partial charge in [-0.25, -0.2) is 0 Å². The first-order valence-corrected chi connectivity index (χ1v) is 5.26. The molecule has 2 heterocycles. The van der Waals surface area contributed by atoms with Gasteiger partial charge in [-0.3, -0.25) is 4.79 Å². The van der Waals surface area contributed by atoms with Gasteiger partial charge in [0.1, 0.15) is 0 Å². The second-order valence-corrected chi connectivity index (χ2v) is 3.98. The van der Waals surface area contributed by atoms with Crippen LogP contribution in [-0.2, 0) is 14.3 Å². The molecule has 0 bridgehead atoms. The van der Waals surface area contributed by atoms with Crippen LogP contribution >= 0.6 is 0 Å². The number of hydrogen-bond donors (Lipinski definition) is 0. The van der Waals surface area contributed by atoms with Crippen molar-refractivity contribution in [2.75, 3.05) is 0 Å². The lowest BCUT2D eigenvalue weighted by Gasteiger charge is -2.23. The van der Waals surface area contributed by atoms with Crippen molar-refractivity contribution in [3.8, 4) is 0 Å². The first kappa shape index (κ1) is 9.71. The Morgan fingerprint density at radius 2 is 2.36 bits per heavy atom. The lowest BCUT2D eigenvalue weighted by atomic mass is 9.98. The normalized spacial score (nSPS) is 36.8. The summed E-state index contributed by atoms with van der Waals surface area (Å²) in [7, 11) is 0. The van der Waals surface area contributed by atoms with E-state index in [4.69, 9.17) is 9.47 Å². The van der Waals surface area contributed by atoms with Crippen LogP contribution in [0.1, 0.15) is 32.6 Å². The Balaban J connectivity index is 2.05. The summed E-state index contributed by atoms with van der Waals surface area (Å²) in [5.41, 5.74) is 0.949. The summed E-state index contributed by atoms with van der Waals surface area (Å²) in [6, 6.07) is 0. The number of carbonyl (C=O) groups is 1. The van der Waals surface area contributed by atoms with Gasteiger partial charge in [-0.15, -0.1) is 0 Å². The van der Waals surface area contributed by atoms with Crippen LogP contribution in [0.4, 0.5) is 0 Å². The third kappa shape index (κ3) is 1.57. The fourth-order valence-corrected chi connectivity index (χ4v) is 2.14. The summed E-state index contributed by atoms with van der Waals surface area (Å²) in [6.07, 6.45) is 3.29. The quantitative estimate of drug-likeness (QED) is 0.499. The molecule has 2 aliphatic rings. The average Bonchev–Trinajstić information content (AvgIpc) is 2.46. The summed E-state index contributed by atoms with van der Waals surface area (Å²) in [5, 5.41) is 0. The topological polar surface area (TPSA) is 35.5 Å². The van der Waals surface area contributed by atoms with Crippen LogP contribution in [0.3, 0.4) is 0 Å². The molecule has 3 heteroatoms. The van der Waals surface area contributed by atoms with E-state index >= 15 is 0 Å². The van der Waals surface area contributed by atoms with Gasteiger partial charge in [0.15, 0.2) is 6.10 Å². The minimum Gasteiger partial charge on any atom is -0.455 e. The Bertz CT molecular complexity index is 259. The van der Waals surface area contributed by atoms with Crippen molar-refractivity contribution in [2.45, 2.75) is 50.9 Å². The third-order valence-corrected chi connectivity index (χ3v) is 2.90. The van der Waals surface area contributed by atoms with Crippen LogP contribution < -0.4 is 0 Å². The van der Waals surface area contributed by atoms with Crippen molar-refractivity contribution in [1.82, 2.24) is 0 Å². The fraction of sp³-hybridized carbons (Fsp3) is 0.727. The van der Waals surface area contributed by atoms with Gasteiger partial charge in [0.2, 0.25) is 0 Å². The summed E-state index contributed by atoms with van der Waals surface area (Å²) < 4.78 is 11.0. The minimum absolute atomic E-state index is 0.0664. The highest BCUT2D eigenvalue weighted by atomic mass is 16.6. The molecule has 2 rings (SSSR count). The Hall–Kier alpha value is -0.830. The van der Waals surface area contributed by atoms with Crippen LogP contribution in [-0.4, -0.2) is 24.3 Å². The standard InChI is InChI=1S/C11H16O3/c1-3-4-8-7(2)11-9(13-8)5-6-10(12)14-11/h8-9,11H,2-6H2,1H3/t8-,9?,11-/m0/s1.